The molecular weight excluding hydrogens is 232 g/mol. The van der Waals surface area contributed by atoms with Crippen LogP contribution in [0.25, 0.3) is 0 Å². The topological polar surface area (TPSA) is 89.7 Å². The Morgan fingerprint density at radius 2 is 2.25 bits per heavy atom. The highest BCUT2D eigenvalue weighted by Gasteiger charge is 2.24. The Bertz CT molecular complexity index is 438. The van der Waals surface area contributed by atoms with Crippen LogP contribution in [0.5, 0.6) is 0 Å². The molecular formula is C9H14N2O4S. The van der Waals surface area contributed by atoms with Crippen LogP contribution in [-0.4, -0.2) is 38.2 Å². The molecule has 0 aromatic carbocycles. The number of primary amides is 1. The summed E-state index contributed by atoms with van der Waals surface area (Å²) in [6.07, 6.45) is 4.86. The first-order valence-electron chi connectivity index (χ1n) is 4.53. The Morgan fingerprint density at radius 1 is 1.62 bits per heavy atom. The van der Waals surface area contributed by atoms with E-state index in [1.165, 1.54) is 19.4 Å². The molecule has 0 saturated carbocycles. The summed E-state index contributed by atoms with van der Waals surface area (Å²) in [6, 6.07) is 0. The zero-order valence-electron chi connectivity index (χ0n) is 9.08. The van der Waals surface area contributed by atoms with Crippen molar-refractivity contribution in [1.29, 1.82) is 0 Å². The van der Waals surface area contributed by atoms with Gasteiger partial charge in [-0.05, 0) is 17.7 Å². The minimum Gasteiger partial charge on any atom is -0.369 e. The van der Waals surface area contributed by atoms with Gasteiger partial charge < -0.3 is 10.5 Å². The van der Waals surface area contributed by atoms with Crippen LogP contribution in [0.3, 0.4) is 0 Å². The Balaban J connectivity index is 2.92. The van der Waals surface area contributed by atoms with E-state index in [4.69, 9.17) is 10.5 Å². The molecule has 0 spiro atoms. The van der Waals surface area contributed by atoms with Gasteiger partial charge in [-0.2, -0.15) is 0 Å². The van der Waals surface area contributed by atoms with Crippen molar-refractivity contribution in [3.63, 3.8) is 0 Å². The predicted molar refractivity (Wildman–Crippen MR) is 58.5 cm³/mol. The average Bonchev–Trinajstić information content (AvgIpc) is 2.14. The molecule has 1 aliphatic heterocycles. The van der Waals surface area contributed by atoms with Gasteiger partial charge in [-0.25, -0.2) is 12.7 Å². The number of sulfonamides is 1. The van der Waals surface area contributed by atoms with Crippen molar-refractivity contribution in [2.75, 3.05) is 13.4 Å². The lowest BCUT2D eigenvalue weighted by Gasteiger charge is -2.28. The highest BCUT2D eigenvalue weighted by Crippen LogP contribution is 2.19. The summed E-state index contributed by atoms with van der Waals surface area (Å²) >= 11 is 0. The first-order chi connectivity index (χ1) is 7.34. The average molecular weight is 246 g/mol. The molecule has 0 unspecified atom stereocenters. The molecule has 0 aliphatic carbocycles. The van der Waals surface area contributed by atoms with Crippen LogP contribution in [0, 0.1) is 0 Å². The predicted octanol–water partition coefficient (Wildman–Crippen LogP) is -0.450. The summed E-state index contributed by atoms with van der Waals surface area (Å²) in [6.45, 7) is 0. The van der Waals surface area contributed by atoms with Gasteiger partial charge in [0.15, 0.2) is 6.23 Å². The summed E-state index contributed by atoms with van der Waals surface area (Å²) in [5.74, 6) is -0.474. The van der Waals surface area contributed by atoms with Crippen LogP contribution in [0.4, 0.5) is 0 Å². The molecule has 6 nitrogen and oxygen atoms in total. The van der Waals surface area contributed by atoms with Crippen molar-refractivity contribution in [3.05, 3.63) is 23.9 Å². The Hall–Kier alpha value is -1.34. The van der Waals surface area contributed by atoms with Crippen molar-refractivity contribution in [2.24, 2.45) is 5.73 Å². The lowest BCUT2D eigenvalue weighted by atomic mass is 10.1. The van der Waals surface area contributed by atoms with Gasteiger partial charge in [-0.15, -0.1) is 0 Å². The molecule has 0 bridgehead atoms. The highest BCUT2D eigenvalue weighted by atomic mass is 32.2. The Labute approximate surface area is 94.4 Å². The van der Waals surface area contributed by atoms with Crippen molar-refractivity contribution in [2.45, 2.75) is 12.6 Å². The maximum atomic E-state index is 11.4. The van der Waals surface area contributed by atoms with Crippen LogP contribution in [0.15, 0.2) is 23.9 Å². The molecule has 7 heteroatoms. The second-order valence-electron chi connectivity index (χ2n) is 3.42. The van der Waals surface area contributed by atoms with Gasteiger partial charge in [0.2, 0.25) is 15.9 Å². The zero-order chi connectivity index (χ0) is 12.3. The molecule has 0 aromatic heterocycles. The van der Waals surface area contributed by atoms with E-state index in [0.29, 0.717) is 5.57 Å². The number of hydrogen-bond acceptors (Lipinski definition) is 4. The van der Waals surface area contributed by atoms with Gasteiger partial charge in [0, 0.05) is 13.3 Å². The number of rotatable bonds is 4. The number of carbonyl (C=O) groups is 1. The van der Waals surface area contributed by atoms with Crippen molar-refractivity contribution < 1.29 is 17.9 Å². The second kappa shape index (κ2) is 4.67. The SMILES string of the molecule is CO[C@H]1C=C(CC(N)=O)C=CN1S(C)(=O)=O. The van der Waals surface area contributed by atoms with E-state index in [1.807, 2.05) is 0 Å². The van der Waals surface area contributed by atoms with Crippen molar-refractivity contribution in [3.8, 4) is 0 Å². The molecule has 90 valence electrons. The first kappa shape index (κ1) is 12.7. The fourth-order valence-electron chi connectivity index (χ4n) is 1.36. The van der Waals surface area contributed by atoms with Crippen LogP contribution < -0.4 is 5.73 Å². The fraction of sp³-hybridized carbons (Fsp3) is 0.444. The molecule has 1 heterocycles. The van der Waals surface area contributed by atoms with E-state index < -0.39 is 22.2 Å². The lowest BCUT2D eigenvalue weighted by Crippen LogP contribution is -2.37. The molecule has 2 N–H and O–H groups in total. The number of ether oxygens (including phenoxy) is 1. The summed E-state index contributed by atoms with van der Waals surface area (Å²) in [5.41, 5.74) is 5.68. The van der Waals surface area contributed by atoms with Crippen LogP contribution in [0.2, 0.25) is 0 Å². The van der Waals surface area contributed by atoms with Crippen molar-refractivity contribution >= 4 is 15.9 Å². The molecule has 1 atom stereocenters. The van der Waals surface area contributed by atoms with Gasteiger partial charge in [0.05, 0.1) is 12.7 Å². The monoisotopic (exact) mass is 246 g/mol. The minimum atomic E-state index is -3.38. The first-order valence-corrected chi connectivity index (χ1v) is 6.38. The number of amides is 1. The van der Waals surface area contributed by atoms with E-state index in [9.17, 15) is 13.2 Å². The smallest absolute Gasteiger partial charge is 0.234 e. The fourth-order valence-corrected chi connectivity index (χ4v) is 2.16. The van der Waals surface area contributed by atoms with Gasteiger partial charge in [-0.1, -0.05) is 0 Å². The summed E-state index contributed by atoms with van der Waals surface area (Å²) < 4.78 is 28.8. The molecule has 16 heavy (non-hydrogen) atoms. The van der Waals surface area contributed by atoms with Gasteiger partial charge >= 0.3 is 0 Å². The minimum absolute atomic E-state index is 0.0635. The van der Waals surface area contributed by atoms with E-state index in [0.717, 1.165) is 10.6 Å². The number of methoxy groups -OCH3 is 1. The van der Waals surface area contributed by atoms with Crippen LogP contribution in [-0.2, 0) is 19.6 Å². The molecule has 1 amide bonds. The van der Waals surface area contributed by atoms with Gasteiger partial charge in [0.25, 0.3) is 0 Å². The molecule has 0 fully saturated rings. The van der Waals surface area contributed by atoms with E-state index >= 15 is 0 Å². The van der Waals surface area contributed by atoms with Crippen LogP contribution in [0.1, 0.15) is 6.42 Å². The maximum Gasteiger partial charge on any atom is 0.234 e. The van der Waals surface area contributed by atoms with Gasteiger partial charge in [-0.3, -0.25) is 4.79 Å². The molecule has 0 aromatic rings. The third-order valence-corrected chi connectivity index (χ3v) is 3.14. The molecule has 1 rings (SSSR count). The Morgan fingerprint density at radius 3 is 2.69 bits per heavy atom. The standard InChI is InChI=1S/C9H14N2O4S/c1-15-9-6-7(5-8(10)12)3-4-11(9)16(2,13)14/h3-4,6,9H,5H2,1-2H3,(H2,10,12)/t9-/m0/s1. The molecule has 1 aliphatic rings. The number of allylic oxidation sites excluding steroid dienone is 1. The number of hydrogen-bond donors (Lipinski definition) is 1. The third-order valence-electron chi connectivity index (χ3n) is 2.05. The third kappa shape index (κ3) is 3.07. The Kier molecular flexibility index (Phi) is 3.71. The summed E-state index contributed by atoms with van der Waals surface area (Å²) in [4.78, 5) is 10.7. The number of carbonyl (C=O) groups excluding carboxylic acids is 1. The quantitative estimate of drug-likeness (QED) is 0.727. The highest BCUT2D eigenvalue weighted by molar-refractivity contribution is 7.88. The molecule has 0 saturated heterocycles. The number of nitrogens with two attached hydrogens (primary N) is 1. The van der Waals surface area contributed by atoms with Crippen LogP contribution >= 0.6 is 0 Å². The lowest BCUT2D eigenvalue weighted by molar-refractivity contribution is -0.117. The normalized spacial score (nSPS) is 20.8. The van der Waals surface area contributed by atoms with E-state index in [1.54, 1.807) is 6.08 Å². The summed E-state index contributed by atoms with van der Waals surface area (Å²) in [5, 5.41) is 0. The number of nitrogens with zero attached hydrogens (tertiary/aromatic N) is 1. The van der Waals surface area contributed by atoms with Crippen molar-refractivity contribution in [1.82, 2.24) is 4.31 Å². The van der Waals surface area contributed by atoms with E-state index in [2.05, 4.69) is 0 Å². The van der Waals surface area contributed by atoms with Gasteiger partial charge in [0.1, 0.15) is 0 Å². The maximum absolute atomic E-state index is 11.4. The van der Waals surface area contributed by atoms with E-state index in [-0.39, 0.29) is 6.42 Å². The second-order valence-corrected chi connectivity index (χ2v) is 5.31. The summed E-state index contributed by atoms with van der Waals surface area (Å²) in [7, 11) is -1.99. The largest absolute Gasteiger partial charge is 0.369 e. The zero-order valence-corrected chi connectivity index (χ0v) is 9.90. The molecule has 0 radical (unpaired) electrons.